The predicted molar refractivity (Wildman–Crippen MR) is 154 cm³/mol. The molecule has 0 unspecified atom stereocenters. The highest BCUT2D eigenvalue weighted by Crippen LogP contribution is 2.73. The fourth-order valence-corrected chi connectivity index (χ4v) is 10.0. The topological polar surface area (TPSA) is 95.9 Å². The second-order valence-electron chi connectivity index (χ2n) is 12.8. The molecule has 1 saturated heterocycles. The number of carbonyl (C=O) groups excluding carboxylic acids is 3. The lowest BCUT2D eigenvalue weighted by Crippen LogP contribution is -2.69. The van der Waals surface area contributed by atoms with Gasteiger partial charge in [-0.05, 0) is 55.0 Å². The van der Waals surface area contributed by atoms with E-state index in [4.69, 9.17) is 16.4 Å². The second kappa shape index (κ2) is 10.2. The number of nitrogens with one attached hydrogen (secondary N) is 1. The number of thioether (sulfide) groups is 1. The summed E-state index contributed by atoms with van der Waals surface area (Å²) in [4.78, 5) is 45.1. The number of hydrogen-bond donors (Lipinski definition) is 2. The van der Waals surface area contributed by atoms with Gasteiger partial charge in [-0.2, -0.15) is 5.06 Å². The van der Waals surface area contributed by atoms with Gasteiger partial charge in [-0.1, -0.05) is 48.5 Å². The largest absolute Gasteiger partial charge is 0.390 e. The van der Waals surface area contributed by atoms with Crippen molar-refractivity contribution in [3.63, 3.8) is 0 Å². The Morgan fingerprint density at radius 1 is 1.24 bits per heavy atom. The first-order valence-electron chi connectivity index (χ1n) is 14.3. The van der Waals surface area contributed by atoms with Crippen molar-refractivity contribution in [3.8, 4) is 0 Å². The van der Waals surface area contributed by atoms with Gasteiger partial charge in [0, 0.05) is 60.7 Å². The quantitative estimate of drug-likeness (QED) is 0.492. The van der Waals surface area contributed by atoms with Crippen LogP contribution in [0.25, 0.3) is 0 Å². The summed E-state index contributed by atoms with van der Waals surface area (Å²) in [7, 11) is 1.49. The normalized spacial score (nSPS) is 40.8. The van der Waals surface area contributed by atoms with E-state index in [9.17, 15) is 19.5 Å². The number of carbonyl (C=O) groups is 3. The van der Waals surface area contributed by atoms with Gasteiger partial charge in [0.25, 0.3) is 0 Å². The summed E-state index contributed by atoms with van der Waals surface area (Å²) in [5.74, 6) is -3.04. The summed E-state index contributed by atoms with van der Waals surface area (Å²) in [6, 6.07) is 7.30. The van der Waals surface area contributed by atoms with Crippen LogP contribution in [-0.4, -0.2) is 63.7 Å². The minimum Gasteiger partial charge on any atom is -0.390 e. The number of fused-ring (bicyclic) bond motifs is 7. The number of allylic oxidation sites excluding steroid dienone is 4. The van der Waals surface area contributed by atoms with Gasteiger partial charge in [-0.15, -0.1) is 0 Å². The number of ketones is 1. The Morgan fingerprint density at radius 2 is 1.95 bits per heavy atom. The lowest BCUT2D eigenvalue weighted by atomic mass is 9.45. The number of halogens is 3. The van der Waals surface area contributed by atoms with Crippen LogP contribution in [0.4, 0.5) is 8.78 Å². The van der Waals surface area contributed by atoms with E-state index in [1.165, 1.54) is 19.2 Å². The molecule has 42 heavy (non-hydrogen) atoms. The zero-order valence-corrected chi connectivity index (χ0v) is 25.4. The van der Waals surface area contributed by atoms with E-state index in [2.05, 4.69) is 5.32 Å². The van der Waals surface area contributed by atoms with E-state index < -0.39 is 45.9 Å². The summed E-state index contributed by atoms with van der Waals surface area (Å²) in [6.45, 7) is 4.17. The zero-order valence-electron chi connectivity index (χ0n) is 23.8. The van der Waals surface area contributed by atoms with Gasteiger partial charge >= 0.3 is 0 Å². The molecule has 1 aromatic carbocycles. The summed E-state index contributed by atoms with van der Waals surface area (Å²) < 4.78 is 33.4. The van der Waals surface area contributed by atoms with Gasteiger partial charge in [0.15, 0.2) is 17.1 Å². The number of nitrogens with zero attached hydrogens (tertiary/aromatic N) is 1. The molecule has 11 heteroatoms. The average Bonchev–Trinajstić information content (AvgIpc) is 3.43. The molecular formula is C31H35ClF2N2O5S. The van der Waals surface area contributed by atoms with Gasteiger partial charge in [-0.3, -0.25) is 19.2 Å². The SMILES string of the molecule is CNC(=O)CSC(=O)[C@@]12ON(Cc3ccc(Cl)cc3)C[C@@H]1C[C@H]1[C@@H]3CC(F)=C4CC(=O)C=C[C@]4(C)[C@@]3(F)[C@@H](O)C[C@@]12C. The number of benzene rings is 1. The van der Waals surface area contributed by atoms with Gasteiger partial charge in [0.2, 0.25) is 11.0 Å². The van der Waals surface area contributed by atoms with Gasteiger partial charge in [-0.25, -0.2) is 8.78 Å². The minimum absolute atomic E-state index is 0.0888. The maximum Gasteiger partial charge on any atom is 0.230 e. The van der Waals surface area contributed by atoms with Gasteiger partial charge in [0.1, 0.15) is 5.83 Å². The maximum absolute atomic E-state index is 17.6. The molecule has 1 amide bonds. The number of rotatable bonds is 5. The zero-order chi connectivity index (χ0) is 30.2. The lowest BCUT2D eigenvalue weighted by molar-refractivity contribution is -0.263. The second-order valence-corrected chi connectivity index (χ2v) is 14.2. The summed E-state index contributed by atoms with van der Waals surface area (Å²) in [5.41, 5.74) is -5.20. The number of amides is 1. The highest BCUT2D eigenvalue weighted by Gasteiger charge is 2.79. The molecule has 7 nitrogen and oxygen atoms in total. The molecule has 0 radical (unpaired) electrons. The molecule has 3 fully saturated rings. The molecule has 1 heterocycles. The Kier molecular flexibility index (Phi) is 7.29. The minimum atomic E-state index is -2.24. The predicted octanol–water partition coefficient (Wildman–Crippen LogP) is 4.73. The molecule has 0 aromatic heterocycles. The Morgan fingerprint density at radius 3 is 2.64 bits per heavy atom. The third-order valence-corrected chi connectivity index (χ3v) is 12.1. The molecule has 5 aliphatic rings. The molecule has 1 aliphatic heterocycles. The van der Waals surface area contributed by atoms with Gasteiger partial charge < -0.3 is 10.4 Å². The van der Waals surface area contributed by atoms with Crippen LogP contribution in [0.5, 0.6) is 0 Å². The molecule has 226 valence electrons. The lowest BCUT2D eigenvalue weighted by Gasteiger charge is -2.62. The van der Waals surface area contributed by atoms with Crippen molar-refractivity contribution in [2.24, 2.45) is 28.6 Å². The summed E-state index contributed by atoms with van der Waals surface area (Å²) >= 11 is 6.92. The maximum atomic E-state index is 17.6. The summed E-state index contributed by atoms with van der Waals surface area (Å²) in [5, 5.41) is 16.2. The van der Waals surface area contributed by atoms with Crippen LogP contribution in [0.2, 0.25) is 5.02 Å². The number of hydrogen-bond acceptors (Lipinski definition) is 7. The molecule has 2 saturated carbocycles. The Hall–Kier alpha value is -2.11. The standard InChI is InChI=1S/C31H35ClF2N2O5S/c1-28-9-8-20(37)11-23(28)24(33)12-22-21-10-18-15-36(14-17-4-6-19(32)7-5-17)41-31(18,27(40)42-16-26(39)35-3)29(21,2)13-25(38)30(22,28)34/h4-9,18,21-22,25,38H,10-16H2,1-3H3,(H,35,39)/t18-,21-,22-,25-,28-,29-,30-,31-/m0/s1. The molecule has 6 rings (SSSR count). The third-order valence-electron chi connectivity index (χ3n) is 10.9. The Labute approximate surface area is 253 Å². The number of aliphatic hydroxyl groups is 1. The van der Waals surface area contributed by atoms with Crippen LogP contribution in [0, 0.1) is 28.6 Å². The Balaban J connectivity index is 1.40. The number of aliphatic hydroxyl groups excluding tert-OH is 1. The van der Waals surface area contributed by atoms with Gasteiger partial charge in [0.05, 0.1) is 11.9 Å². The highest BCUT2D eigenvalue weighted by atomic mass is 35.5. The van der Waals surface area contributed by atoms with E-state index in [0.29, 0.717) is 24.5 Å². The van der Waals surface area contributed by atoms with Crippen LogP contribution < -0.4 is 5.32 Å². The van der Waals surface area contributed by atoms with E-state index in [1.807, 2.05) is 19.1 Å². The fourth-order valence-electron chi connectivity index (χ4n) is 8.83. The molecule has 1 aromatic rings. The summed E-state index contributed by atoms with van der Waals surface area (Å²) in [6.07, 6.45) is 1.01. The van der Waals surface area contributed by atoms with Crippen molar-refractivity contribution < 1.29 is 33.1 Å². The smallest absolute Gasteiger partial charge is 0.230 e. The fraction of sp³-hybridized carbons (Fsp3) is 0.581. The van der Waals surface area contributed by atoms with Crippen LogP contribution in [-0.2, 0) is 25.8 Å². The molecular weight excluding hydrogens is 586 g/mol. The van der Waals surface area contributed by atoms with Crippen molar-refractivity contribution >= 4 is 40.2 Å². The van der Waals surface area contributed by atoms with Crippen molar-refractivity contribution in [3.05, 3.63) is 58.4 Å². The first kappa shape index (κ1) is 29.9. The van der Waals surface area contributed by atoms with E-state index in [1.54, 1.807) is 24.1 Å². The number of alkyl halides is 1. The first-order chi connectivity index (χ1) is 19.8. The van der Waals surface area contributed by atoms with E-state index >= 15 is 8.78 Å². The van der Waals surface area contributed by atoms with Crippen LogP contribution >= 0.6 is 23.4 Å². The molecule has 0 bridgehead atoms. The van der Waals surface area contributed by atoms with Crippen molar-refractivity contribution in [2.45, 2.75) is 63.4 Å². The molecule has 4 aliphatic carbocycles. The Bertz CT molecular complexity index is 1410. The van der Waals surface area contributed by atoms with E-state index in [0.717, 1.165) is 17.3 Å². The van der Waals surface area contributed by atoms with Crippen molar-refractivity contribution in [2.75, 3.05) is 19.3 Å². The van der Waals surface area contributed by atoms with Crippen molar-refractivity contribution in [1.29, 1.82) is 0 Å². The molecule has 2 N–H and O–H groups in total. The van der Waals surface area contributed by atoms with E-state index in [-0.39, 0.29) is 53.3 Å². The van der Waals surface area contributed by atoms with Crippen LogP contribution in [0.3, 0.4) is 0 Å². The van der Waals surface area contributed by atoms with Crippen molar-refractivity contribution in [1.82, 2.24) is 10.4 Å². The third kappa shape index (κ3) is 4.05. The highest BCUT2D eigenvalue weighted by molar-refractivity contribution is 8.14. The molecule has 0 spiro atoms. The molecule has 8 atom stereocenters. The average molecular weight is 621 g/mol. The number of hydroxylamine groups is 2. The van der Waals surface area contributed by atoms with Crippen LogP contribution in [0.15, 0.2) is 47.8 Å². The van der Waals surface area contributed by atoms with Crippen LogP contribution in [0.1, 0.15) is 45.1 Å². The first-order valence-corrected chi connectivity index (χ1v) is 15.7. The monoisotopic (exact) mass is 620 g/mol.